The van der Waals surface area contributed by atoms with Crippen LogP contribution in [0, 0.1) is 0 Å². The molecule has 0 aliphatic carbocycles. The van der Waals surface area contributed by atoms with E-state index in [1.807, 2.05) is 0 Å². The molecular formula is C14H22ClNO5. The van der Waals surface area contributed by atoms with E-state index >= 15 is 0 Å². The topological polar surface area (TPSA) is 69.2 Å². The highest BCUT2D eigenvalue weighted by atomic mass is 35.5. The molecule has 0 heterocycles. The van der Waals surface area contributed by atoms with Gasteiger partial charge in [0.1, 0.15) is 11.5 Å². The van der Waals surface area contributed by atoms with Gasteiger partial charge < -0.3 is 29.4 Å². The first-order valence-corrected chi connectivity index (χ1v) is 6.90. The van der Waals surface area contributed by atoms with E-state index in [4.69, 9.17) is 30.5 Å². The molecule has 1 aromatic carbocycles. The van der Waals surface area contributed by atoms with Crippen LogP contribution in [0.1, 0.15) is 0 Å². The summed E-state index contributed by atoms with van der Waals surface area (Å²) in [6.07, 6.45) is -0.646. The molecule has 0 saturated carbocycles. The molecule has 0 saturated heterocycles. The number of hydrogen-bond acceptors (Lipinski definition) is 6. The zero-order valence-corrected chi connectivity index (χ0v) is 13.3. The van der Waals surface area contributed by atoms with Crippen molar-refractivity contribution in [3.63, 3.8) is 0 Å². The Balaban J connectivity index is 2.52. The molecule has 21 heavy (non-hydrogen) atoms. The number of rotatable bonds is 10. The van der Waals surface area contributed by atoms with E-state index in [1.165, 1.54) is 7.11 Å². The van der Waals surface area contributed by atoms with E-state index in [9.17, 15) is 5.11 Å². The number of aliphatic hydroxyl groups excluding tert-OH is 1. The van der Waals surface area contributed by atoms with Gasteiger partial charge in [-0.05, 0) is 6.07 Å². The van der Waals surface area contributed by atoms with Gasteiger partial charge in [-0.1, -0.05) is 11.6 Å². The minimum atomic E-state index is -0.646. The van der Waals surface area contributed by atoms with Crippen LogP contribution in [0.3, 0.4) is 0 Å². The Morgan fingerprint density at radius 1 is 1.14 bits per heavy atom. The number of aliphatic hydroxyl groups is 1. The second kappa shape index (κ2) is 9.68. The third-order valence-electron chi connectivity index (χ3n) is 2.74. The van der Waals surface area contributed by atoms with E-state index in [0.29, 0.717) is 42.0 Å². The van der Waals surface area contributed by atoms with E-state index in [2.05, 4.69) is 5.32 Å². The average Bonchev–Trinajstić information content (AvgIpc) is 2.49. The molecule has 0 aromatic heterocycles. The van der Waals surface area contributed by atoms with Crippen molar-refractivity contribution >= 4 is 17.3 Å². The van der Waals surface area contributed by atoms with Crippen LogP contribution in [0.2, 0.25) is 5.02 Å². The highest BCUT2D eigenvalue weighted by Gasteiger charge is 2.11. The van der Waals surface area contributed by atoms with Crippen molar-refractivity contribution < 1.29 is 24.1 Å². The number of anilines is 1. The van der Waals surface area contributed by atoms with Crippen molar-refractivity contribution in [2.75, 3.05) is 53.0 Å². The van der Waals surface area contributed by atoms with Gasteiger partial charge >= 0.3 is 0 Å². The van der Waals surface area contributed by atoms with Crippen LogP contribution < -0.4 is 14.8 Å². The van der Waals surface area contributed by atoms with Crippen molar-refractivity contribution in [2.24, 2.45) is 0 Å². The van der Waals surface area contributed by atoms with E-state index in [1.54, 1.807) is 26.4 Å². The molecule has 1 aromatic rings. The second-order valence-electron chi connectivity index (χ2n) is 4.29. The fourth-order valence-electron chi connectivity index (χ4n) is 1.65. The average molecular weight is 320 g/mol. The van der Waals surface area contributed by atoms with Crippen molar-refractivity contribution in [2.45, 2.75) is 6.10 Å². The van der Waals surface area contributed by atoms with E-state index < -0.39 is 6.10 Å². The van der Waals surface area contributed by atoms with Crippen molar-refractivity contribution in [3.8, 4) is 11.5 Å². The summed E-state index contributed by atoms with van der Waals surface area (Å²) >= 11 is 6.07. The molecule has 0 fully saturated rings. The lowest BCUT2D eigenvalue weighted by Gasteiger charge is -2.16. The number of ether oxygens (including phenoxy) is 4. The molecule has 120 valence electrons. The number of nitrogens with one attached hydrogen (secondary N) is 1. The molecule has 0 aliphatic heterocycles. The largest absolute Gasteiger partial charge is 0.495 e. The molecule has 0 aliphatic rings. The van der Waals surface area contributed by atoms with Crippen molar-refractivity contribution in [1.29, 1.82) is 0 Å². The predicted octanol–water partition coefficient (Wildman–Crippen LogP) is 1.79. The van der Waals surface area contributed by atoms with Gasteiger partial charge in [-0.25, -0.2) is 0 Å². The first-order valence-electron chi connectivity index (χ1n) is 6.52. The maximum absolute atomic E-state index is 9.82. The van der Waals surface area contributed by atoms with Gasteiger partial charge in [0.15, 0.2) is 0 Å². The zero-order valence-electron chi connectivity index (χ0n) is 12.5. The van der Waals surface area contributed by atoms with Crippen LogP contribution in [0.15, 0.2) is 12.1 Å². The molecule has 6 nitrogen and oxygen atoms in total. The SMILES string of the molecule is COCCOCC(O)CNc1cc(Cl)c(OC)cc1OC. The Labute approximate surface area is 129 Å². The fraction of sp³-hybridized carbons (Fsp3) is 0.571. The Bertz CT molecular complexity index is 430. The molecule has 2 N–H and O–H groups in total. The molecule has 0 bridgehead atoms. The minimum Gasteiger partial charge on any atom is -0.495 e. The third-order valence-corrected chi connectivity index (χ3v) is 3.04. The minimum absolute atomic E-state index is 0.225. The van der Waals surface area contributed by atoms with Gasteiger partial charge in [0.2, 0.25) is 0 Å². The van der Waals surface area contributed by atoms with Crippen LogP contribution in [-0.4, -0.2) is 58.9 Å². The van der Waals surface area contributed by atoms with Gasteiger partial charge in [0, 0.05) is 19.7 Å². The molecule has 1 rings (SSSR count). The Hall–Kier alpha value is -1.21. The third kappa shape index (κ3) is 5.97. The molecule has 7 heteroatoms. The lowest BCUT2D eigenvalue weighted by molar-refractivity contribution is 0.0182. The van der Waals surface area contributed by atoms with Crippen molar-refractivity contribution in [3.05, 3.63) is 17.2 Å². The van der Waals surface area contributed by atoms with Gasteiger partial charge in [0.25, 0.3) is 0 Å². The summed E-state index contributed by atoms with van der Waals surface area (Å²) in [5.74, 6) is 1.12. The number of benzene rings is 1. The Morgan fingerprint density at radius 2 is 1.86 bits per heavy atom. The number of hydrogen-bond donors (Lipinski definition) is 2. The first kappa shape index (κ1) is 17.8. The highest BCUT2D eigenvalue weighted by molar-refractivity contribution is 6.32. The summed E-state index contributed by atoms with van der Waals surface area (Å²) in [4.78, 5) is 0. The lowest BCUT2D eigenvalue weighted by Crippen LogP contribution is -2.25. The van der Waals surface area contributed by atoms with Crippen LogP contribution in [0.25, 0.3) is 0 Å². The summed E-state index contributed by atoms with van der Waals surface area (Å²) in [6, 6.07) is 3.38. The maximum Gasteiger partial charge on any atom is 0.145 e. The highest BCUT2D eigenvalue weighted by Crippen LogP contribution is 2.35. The summed E-state index contributed by atoms with van der Waals surface area (Å²) in [7, 11) is 4.69. The molecule has 0 radical (unpaired) electrons. The lowest BCUT2D eigenvalue weighted by atomic mass is 10.2. The molecule has 0 spiro atoms. The Kier molecular flexibility index (Phi) is 8.22. The van der Waals surface area contributed by atoms with Crippen LogP contribution in [-0.2, 0) is 9.47 Å². The molecule has 1 unspecified atom stereocenters. The van der Waals surface area contributed by atoms with Gasteiger partial charge in [-0.15, -0.1) is 0 Å². The van der Waals surface area contributed by atoms with E-state index in [0.717, 1.165) is 0 Å². The summed E-state index contributed by atoms with van der Waals surface area (Å²) in [5.41, 5.74) is 0.680. The summed E-state index contributed by atoms with van der Waals surface area (Å²) in [5, 5.41) is 13.4. The summed E-state index contributed by atoms with van der Waals surface area (Å²) in [6.45, 7) is 1.49. The van der Waals surface area contributed by atoms with Crippen LogP contribution >= 0.6 is 11.6 Å². The predicted molar refractivity (Wildman–Crippen MR) is 81.7 cm³/mol. The normalized spacial score (nSPS) is 12.0. The molecular weight excluding hydrogens is 298 g/mol. The monoisotopic (exact) mass is 319 g/mol. The first-order chi connectivity index (χ1) is 10.1. The molecule has 1 atom stereocenters. The van der Waals surface area contributed by atoms with Crippen molar-refractivity contribution in [1.82, 2.24) is 0 Å². The number of halogens is 1. The quantitative estimate of drug-likeness (QED) is 0.641. The Morgan fingerprint density at radius 3 is 2.48 bits per heavy atom. The molecule has 0 amide bonds. The fourth-order valence-corrected chi connectivity index (χ4v) is 1.89. The standard InChI is InChI=1S/C14H22ClNO5/c1-18-4-5-21-9-10(17)8-16-12-6-11(15)13(19-2)7-14(12)20-3/h6-7,10,16-17H,4-5,8-9H2,1-3H3. The van der Waals surface area contributed by atoms with Crippen LogP contribution in [0.5, 0.6) is 11.5 Å². The zero-order chi connectivity index (χ0) is 15.7. The van der Waals surface area contributed by atoms with Crippen LogP contribution in [0.4, 0.5) is 5.69 Å². The van der Waals surface area contributed by atoms with Gasteiger partial charge in [-0.3, -0.25) is 0 Å². The van der Waals surface area contributed by atoms with E-state index in [-0.39, 0.29) is 6.61 Å². The smallest absolute Gasteiger partial charge is 0.145 e. The maximum atomic E-state index is 9.82. The summed E-state index contributed by atoms with van der Waals surface area (Å²) < 4.78 is 20.5. The van der Waals surface area contributed by atoms with Gasteiger partial charge in [0.05, 0.1) is 50.9 Å². The number of methoxy groups -OCH3 is 3. The van der Waals surface area contributed by atoms with Gasteiger partial charge in [-0.2, -0.15) is 0 Å². The second-order valence-corrected chi connectivity index (χ2v) is 4.70.